The molecule has 2 heterocycles. The lowest BCUT2D eigenvalue weighted by Crippen LogP contribution is -2.50. The molecule has 0 aliphatic rings. The molecule has 190 valence electrons. The summed E-state index contributed by atoms with van der Waals surface area (Å²) in [5, 5.41) is 17.7. The van der Waals surface area contributed by atoms with Gasteiger partial charge in [0, 0.05) is 37.1 Å². The van der Waals surface area contributed by atoms with Gasteiger partial charge in [-0.2, -0.15) is 0 Å². The molecule has 11 nitrogen and oxygen atoms in total. The Bertz CT molecular complexity index is 1410. The Labute approximate surface area is 213 Å². The quantitative estimate of drug-likeness (QED) is 0.200. The summed E-state index contributed by atoms with van der Waals surface area (Å²) in [6.07, 6.45) is 2.31. The lowest BCUT2D eigenvalue weighted by molar-refractivity contribution is -0.141. The number of hydrogen-bond acceptors (Lipinski definition) is 7. The molecule has 0 spiro atoms. The number of carboxylic acid groups (broad SMARTS) is 1. The molecule has 0 fully saturated rings. The molecule has 0 bridgehead atoms. The van der Waals surface area contributed by atoms with Crippen molar-refractivity contribution in [3.63, 3.8) is 0 Å². The number of carbonyl (C=O) groups excluding carboxylic acids is 1. The number of hydrogen-bond donors (Lipinski definition) is 4. The van der Waals surface area contributed by atoms with Crippen LogP contribution in [-0.2, 0) is 4.79 Å². The van der Waals surface area contributed by atoms with E-state index in [9.17, 15) is 14.7 Å². The van der Waals surface area contributed by atoms with Crippen molar-refractivity contribution in [2.24, 2.45) is 11.7 Å². The third-order valence-corrected chi connectivity index (χ3v) is 6.09. The maximum absolute atomic E-state index is 13.4. The number of fused-ring (bicyclic) bond motifs is 1. The van der Waals surface area contributed by atoms with Crippen molar-refractivity contribution in [3.05, 3.63) is 78.8 Å². The number of nitrogens with zero attached hydrogens (tertiary/aromatic N) is 4. The summed E-state index contributed by atoms with van der Waals surface area (Å²) < 4.78 is 5.65. The first kappa shape index (κ1) is 25.2. The summed E-state index contributed by atoms with van der Waals surface area (Å²) in [6.45, 7) is 1.74. The number of benzene rings is 2. The van der Waals surface area contributed by atoms with Crippen molar-refractivity contribution in [2.75, 3.05) is 23.4 Å². The van der Waals surface area contributed by atoms with E-state index in [-0.39, 0.29) is 23.9 Å². The minimum absolute atomic E-state index is 0.0533. The zero-order chi connectivity index (χ0) is 26.5. The molecule has 2 aromatic heterocycles. The molecule has 1 amide bonds. The Morgan fingerprint density at radius 3 is 2.54 bits per heavy atom. The molecule has 4 aromatic rings. The number of carboxylic acids is 1. The summed E-state index contributed by atoms with van der Waals surface area (Å²) in [5.41, 5.74) is 8.25. The number of H-pyrrole nitrogens is 1. The molecule has 11 heteroatoms. The van der Waals surface area contributed by atoms with E-state index in [0.29, 0.717) is 11.1 Å². The van der Waals surface area contributed by atoms with Gasteiger partial charge >= 0.3 is 12.1 Å². The monoisotopic (exact) mass is 501 g/mol. The van der Waals surface area contributed by atoms with Gasteiger partial charge < -0.3 is 25.5 Å². The van der Waals surface area contributed by atoms with Gasteiger partial charge in [-0.15, -0.1) is 0 Å². The van der Waals surface area contributed by atoms with Gasteiger partial charge in [0.05, 0.1) is 29.3 Å². The summed E-state index contributed by atoms with van der Waals surface area (Å²) in [7, 11) is 1.76. The van der Waals surface area contributed by atoms with Gasteiger partial charge in [0.1, 0.15) is 17.4 Å². The molecule has 0 saturated heterocycles. The van der Waals surface area contributed by atoms with Gasteiger partial charge in [-0.05, 0) is 55.5 Å². The molecular formula is C26H27N7O4. The van der Waals surface area contributed by atoms with E-state index in [4.69, 9.17) is 15.9 Å². The number of nitrogens with one attached hydrogen (secondary N) is 2. The molecule has 0 aliphatic carbocycles. The number of aliphatic carboxylic acids is 1. The van der Waals surface area contributed by atoms with Crippen molar-refractivity contribution < 1.29 is 19.4 Å². The first-order chi connectivity index (χ1) is 17.7. The van der Waals surface area contributed by atoms with E-state index in [1.807, 2.05) is 0 Å². The highest BCUT2D eigenvalue weighted by Crippen LogP contribution is 2.25. The second-order valence-electron chi connectivity index (χ2n) is 8.53. The van der Waals surface area contributed by atoms with E-state index in [1.165, 1.54) is 11.1 Å². The molecule has 2 atom stereocenters. The van der Waals surface area contributed by atoms with Crippen LogP contribution in [0.1, 0.15) is 12.5 Å². The van der Waals surface area contributed by atoms with Crippen LogP contribution >= 0.6 is 0 Å². The van der Waals surface area contributed by atoms with Crippen LogP contribution in [0.2, 0.25) is 0 Å². The third-order valence-electron chi connectivity index (χ3n) is 6.09. The Balaban J connectivity index is 1.59. The van der Waals surface area contributed by atoms with Crippen LogP contribution in [0.25, 0.3) is 11.0 Å². The van der Waals surface area contributed by atoms with E-state index in [2.05, 4.69) is 15.0 Å². The number of pyridine rings is 1. The molecule has 5 N–H and O–H groups in total. The number of nitrogen functional groups attached to an aromatic ring is 1. The molecule has 2 aromatic carbocycles. The van der Waals surface area contributed by atoms with Gasteiger partial charge in [0.25, 0.3) is 0 Å². The van der Waals surface area contributed by atoms with E-state index in [1.54, 1.807) is 85.9 Å². The highest BCUT2D eigenvalue weighted by Gasteiger charge is 2.36. The van der Waals surface area contributed by atoms with Crippen molar-refractivity contribution in [1.82, 2.24) is 15.0 Å². The average molecular weight is 502 g/mol. The van der Waals surface area contributed by atoms with Gasteiger partial charge in [0.2, 0.25) is 0 Å². The largest absolute Gasteiger partial charge is 0.481 e. The van der Waals surface area contributed by atoms with Crippen LogP contribution < -0.4 is 20.3 Å². The Morgan fingerprint density at radius 2 is 1.89 bits per heavy atom. The van der Waals surface area contributed by atoms with Gasteiger partial charge in [-0.25, -0.2) is 14.8 Å². The average Bonchev–Trinajstić information content (AvgIpc) is 3.35. The minimum Gasteiger partial charge on any atom is -0.481 e. The lowest BCUT2D eigenvalue weighted by Gasteiger charge is -2.33. The molecule has 0 saturated carbocycles. The molecular weight excluding hydrogens is 474 g/mol. The van der Waals surface area contributed by atoms with Gasteiger partial charge in [-0.3, -0.25) is 15.1 Å². The van der Waals surface area contributed by atoms with Crippen LogP contribution in [0, 0.1) is 11.3 Å². The van der Waals surface area contributed by atoms with Crippen molar-refractivity contribution in [3.8, 4) is 5.75 Å². The maximum Gasteiger partial charge on any atom is 0.421 e. The maximum atomic E-state index is 13.4. The Kier molecular flexibility index (Phi) is 7.33. The molecule has 2 unspecified atom stereocenters. The lowest BCUT2D eigenvalue weighted by atomic mass is 9.99. The fourth-order valence-electron chi connectivity index (χ4n) is 4.01. The third kappa shape index (κ3) is 5.67. The fourth-order valence-corrected chi connectivity index (χ4v) is 4.01. The van der Waals surface area contributed by atoms with Gasteiger partial charge in [0.15, 0.2) is 0 Å². The van der Waals surface area contributed by atoms with Crippen LogP contribution in [-0.4, -0.2) is 57.6 Å². The number of rotatable bonds is 9. The number of amidine groups is 1. The standard InChI is InChI=1S/C26H27N7O4/c1-16(20(25(34)35)14-32(2)18-8-6-17(7-9-18)24(27)28)33(23-5-3-4-12-29-23)26(36)37-19-10-11-21-22(13-19)31-15-30-21/h3-13,15-16,20H,14H2,1-2H3,(H3,27,28)(H,30,31)(H,34,35). The molecule has 37 heavy (non-hydrogen) atoms. The Morgan fingerprint density at radius 1 is 1.14 bits per heavy atom. The normalized spacial score (nSPS) is 12.5. The van der Waals surface area contributed by atoms with Crippen LogP contribution in [0.3, 0.4) is 0 Å². The number of ether oxygens (including phenoxy) is 1. The minimum atomic E-state index is -1.08. The van der Waals surface area contributed by atoms with Crippen molar-refractivity contribution >= 4 is 40.4 Å². The summed E-state index contributed by atoms with van der Waals surface area (Å²) in [6, 6.07) is 16.1. The second-order valence-corrected chi connectivity index (χ2v) is 8.53. The molecule has 0 radical (unpaired) electrons. The van der Waals surface area contributed by atoms with Crippen molar-refractivity contribution in [1.29, 1.82) is 5.41 Å². The predicted molar refractivity (Wildman–Crippen MR) is 140 cm³/mol. The zero-order valence-corrected chi connectivity index (χ0v) is 20.3. The SMILES string of the molecule is CC(C(CN(C)c1ccc(C(=N)N)cc1)C(=O)O)N(C(=O)Oc1ccc2nc[nH]c2c1)c1ccccn1. The molecule has 4 rings (SSSR count). The zero-order valence-electron chi connectivity index (χ0n) is 20.3. The smallest absolute Gasteiger partial charge is 0.421 e. The van der Waals surface area contributed by atoms with Crippen molar-refractivity contribution in [2.45, 2.75) is 13.0 Å². The number of nitrogens with two attached hydrogens (primary N) is 1. The second kappa shape index (κ2) is 10.8. The number of aromatic amines is 1. The number of aromatic nitrogens is 3. The summed E-state index contributed by atoms with van der Waals surface area (Å²) in [4.78, 5) is 40.2. The molecule has 0 aliphatic heterocycles. The first-order valence-corrected chi connectivity index (χ1v) is 11.5. The van der Waals surface area contributed by atoms with E-state index >= 15 is 0 Å². The first-order valence-electron chi connectivity index (χ1n) is 11.5. The van der Waals surface area contributed by atoms with Crippen LogP contribution in [0.5, 0.6) is 5.75 Å². The summed E-state index contributed by atoms with van der Waals surface area (Å²) in [5.74, 6) is -1.58. The van der Waals surface area contributed by atoms with E-state index < -0.39 is 24.0 Å². The van der Waals surface area contributed by atoms with E-state index in [0.717, 1.165) is 11.2 Å². The highest BCUT2D eigenvalue weighted by molar-refractivity contribution is 5.95. The number of amides is 1. The topological polar surface area (TPSA) is 162 Å². The highest BCUT2D eigenvalue weighted by atomic mass is 16.6. The number of imidazole rings is 1. The number of carbonyl (C=O) groups is 2. The number of anilines is 2. The predicted octanol–water partition coefficient (Wildman–Crippen LogP) is 3.47. The van der Waals surface area contributed by atoms with Crippen LogP contribution in [0.4, 0.5) is 16.3 Å². The van der Waals surface area contributed by atoms with Crippen LogP contribution in [0.15, 0.2) is 73.2 Å². The Hall–Kier alpha value is -4.93. The summed E-state index contributed by atoms with van der Waals surface area (Å²) >= 11 is 0. The fraction of sp³-hybridized carbons (Fsp3) is 0.192. The van der Waals surface area contributed by atoms with Gasteiger partial charge in [-0.1, -0.05) is 6.07 Å².